The Balaban J connectivity index is 2.57. The standard InChI is InChI=1S/C13H26N2O/c1-6-7-11(16)14-10-8-12(2,3)15-13(4,5)9-10/h10,15H,6-9H2,1-5H3,(H,14,16)/p+1. The molecule has 0 aliphatic carbocycles. The van der Waals surface area contributed by atoms with Crippen molar-refractivity contribution < 1.29 is 10.1 Å². The van der Waals surface area contributed by atoms with Gasteiger partial charge in [-0.2, -0.15) is 0 Å². The minimum absolute atomic E-state index is 0.209. The Morgan fingerprint density at radius 3 is 2.19 bits per heavy atom. The second kappa shape index (κ2) is 4.74. The average Bonchev–Trinajstić information content (AvgIpc) is 1.96. The Morgan fingerprint density at radius 2 is 1.75 bits per heavy atom. The Morgan fingerprint density at radius 1 is 1.25 bits per heavy atom. The first-order valence-electron chi connectivity index (χ1n) is 6.40. The summed E-state index contributed by atoms with van der Waals surface area (Å²) < 4.78 is 0. The SMILES string of the molecule is CCCC(=O)NC1CC(C)(C)[NH2+]C(C)(C)C1. The van der Waals surface area contributed by atoms with Gasteiger partial charge in [-0.15, -0.1) is 0 Å². The second-order valence-electron chi connectivity index (χ2n) is 6.54. The lowest BCUT2D eigenvalue weighted by molar-refractivity contribution is -0.787. The van der Waals surface area contributed by atoms with E-state index in [-0.39, 0.29) is 17.0 Å². The maximum absolute atomic E-state index is 11.6. The number of nitrogens with two attached hydrogens (primary N) is 1. The van der Waals surface area contributed by atoms with Crippen molar-refractivity contribution in [1.82, 2.24) is 5.32 Å². The molecule has 1 aliphatic heterocycles. The molecule has 0 aromatic rings. The summed E-state index contributed by atoms with van der Waals surface area (Å²) in [6.45, 7) is 11.1. The predicted molar refractivity (Wildman–Crippen MR) is 66.2 cm³/mol. The molecule has 1 saturated heterocycles. The van der Waals surface area contributed by atoms with Gasteiger partial charge in [-0.25, -0.2) is 0 Å². The van der Waals surface area contributed by atoms with Crippen LogP contribution in [0.4, 0.5) is 0 Å². The summed E-state index contributed by atoms with van der Waals surface area (Å²) in [5.41, 5.74) is 0.456. The lowest BCUT2D eigenvalue weighted by atomic mass is 9.79. The number of nitrogens with one attached hydrogen (secondary N) is 1. The third-order valence-corrected chi connectivity index (χ3v) is 3.17. The first-order chi connectivity index (χ1) is 7.24. The Hall–Kier alpha value is -0.570. The molecule has 16 heavy (non-hydrogen) atoms. The molecule has 1 rings (SSSR count). The fourth-order valence-corrected chi connectivity index (χ4v) is 3.15. The highest BCUT2D eigenvalue weighted by Gasteiger charge is 2.41. The van der Waals surface area contributed by atoms with Crippen molar-refractivity contribution >= 4 is 5.91 Å². The number of hydrogen-bond donors (Lipinski definition) is 2. The van der Waals surface area contributed by atoms with Crippen LogP contribution in [0.2, 0.25) is 0 Å². The molecule has 3 nitrogen and oxygen atoms in total. The quantitative estimate of drug-likeness (QED) is 0.747. The highest BCUT2D eigenvalue weighted by Crippen LogP contribution is 2.21. The number of hydrogen-bond acceptors (Lipinski definition) is 1. The van der Waals surface area contributed by atoms with E-state index in [1.165, 1.54) is 0 Å². The van der Waals surface area contributed by atoms with Crippen LogP contribution in [0.1, 0.15) is 60.3 Å². The molecule has 0 aromatic heterocycles. The molecule has 3 N–H and O–H groups in total. The molecule has 1 aliphatic rings. The van der Waals surface area contributed by atoms with Crippen LogP contribution >= 0.6 is 0 Å². The zero-order valence-corrected chi connectivity index (χ0v) is 11.4. The van der Waals surface area contributed by atoms with E-state index >= 15 is 0 Å². The zero-order chi connectivity index (χ0) is 12.4. The average molecular weight is 227 g/mol. The zero-order valence-electron chi connectivity index (χ0n) is 11.4. The molecule has 0 unspecified atom stereocenters. The first kappa shape index (κ1) is 13.5. The molecule has 0 saturated carbocycles. The van der Waals surface area contributed by atoms with Gasteiger partial charge in [-0.1, -0.05) is 6.92 Å². The van der Waals surface area contributed by atoms with Gasteiger partial charge in [0, 0.05) is 25.3 Å². The van der Waals surface area contributed by atoms with Gasteiger partial charge in [-0.05, 0) is 34.1 Å². The van der Waals surface area contributed by atoms with Crippen LogP contribution in [-0.2, 0) is 4.79 Å². The second-order valence-corrected chi connectivity index (χ2v) is 6.54. The van der Waals surface area contributed by atoms with Crippen LogP contribution in [0.15, 0.2) is 0 Å². The van der Waals surface area contributed by atoms with Crippen molar-refractivity contribution in [1.29, 1.82) is 0 Å². The molecular formula is C13H27N2O+. The molecule has 1 fully saturated rings. The molecule has 0 aromatic carbocycles. The van der Waals surface area contributed by atoms with Crippen LogP contribution in [0.5, 0.6) is 0 Å². The monoisotopic (exact) mass is 227 g/mol. The number of quaternary nitrogens is 1. The van der Waals surface area contributed by atoms with Crippen molar-refractivity contribution in [3.05, 3.63) is 0 Å². The third-order valence-electron chi connectivity index (χ3n) is 3.17. The summed E-state index contributed by atoms with van der Waals surface area (Å²) >= 11 is 0. The van der Waals surface area contributed by atoms with Crippen molar-refractivity contribution in [2.24, 2.45) is 0 Å². The van der Waals surface area contributed by atoms with Gasteiger partial charge >= 0.3 is 0 Å². The van der Waals surface area contributed by atoms with Crippen molar-refractivity contribution in [3.63, 3.8) is 0 Å². The van der Waals surface area contributed by atoms with E-state index in [0.29, 0.717) is 12.5 Å². The van der Waals surface area contributed by atoms with Gasteiger partial charge in [0.1, 0.15) is 0 Å². The van der Waals surface area contributed by atoms with Gasteiger partial charge in [0.2, 0.25) is 5.91 Å². The van der Waals surface area contributed by atoms with E-state index in [9.17, 15) is 4.79 Å². The van der Waals surface area contributed by atoms with E-state index in [1.807, 2.05) is 6.92 Å². The van der Waals surface area contributed by atoms with Gasteiger partial charge in [0.25, 0.3) is 0 Å². The molecule has 0 atom stereocenters. The summed E-state index contributed by atoms with van der Waals surface area (Å²) in [4.78, 5) is 11.6. The number of rotatable bonds is 3. The molecule has 0 spiro atoms. The van der Waals surface area contributed by atoms with Crippen LogP contribution in [0, 0.1) is 0 Å². The highest BCUT2D eigenvalue weighted by molar-refractivity contribution is 5.76. The summed E-state index contributed by atoms with van der Waals surface area (Å²) in [7, 11) is 0. The third kappa shape index (κ3) is 4.12. The van der Waals surface area contributed by atoms with Crippen molar-refractivity contribution in [3.8, 4) is 0 Å². The largest absolute Gasteiger partial charge is 0.353 e. The van der Waals surface area contributed by atoms with Crippen LogP contribution < -0.4 is 10.6 Å². The van der Waals surface area contributed by atoms with Crippen LogP contribution in [-0.4, -0.2) is 23.0 Å². The maximum atomic E-state index is 11.6. The molecule has 0 radical (unpaired) electrons. The summed E-state index contributed by atoms with van der Waals surface area (Å²) in [5.74, 6) is 0.209. The van der Waals surface area contributed by atoms with E-state index < -0.39 is 0 Å². The molecular weight excluding hydrogens is 200 g/mol. The number of carbonyl (C=O) groups is 1. The lowest BCUT2D eigenvalue weighted by Crippen LogP contribution is -3.06. The van der Waals surface area contributed by atoms with Gasteiger partial charge < -0.3 is 10.6 Å². The van der Waals surface area contributed by atoms with Crippen molar-refractivity contribution in [2.45, 2.75) is 77.4 Å². The fourth-order valence-electron chi connectivity index (χ4n) is 3.15. The molecule has 3 heteroatoms. The highest BCUT2D eigenvalue weighted by atomic mass is 16.1. The predicted octanol–water partition coefficient (Wildman–Crippen LogP) is 1.19. The molecule has 94 valence electrons. The summed E-state index contributed by atoms with van der Waals surface area (Å²) in [5, 5.41) is 5.61. The van der Waals surface area contributed by atoms with E-state index in [1.54, 1.807) is 0 Å². The Labute approximate surface area is 99.4 Å². The number of amides is 1. The molecule has 1 heterocycles. The minimum atomic E-state index is 0.209. The Kier molecular flexibility index (Phi) is 4.00. The smallest absolute Gasteiger partial charge is 0.220 e. The number of piperidine rings is 1. The summed E-state index contributed by atoms with van der Waals surface area (Å²) in [6.07, 6.45) is 3.70. The number of carbonyl (C=O) groups excluding carboxylic acids is 1. The van der Waals surface area contributed by atoms with Crippen LogP contribution in [0.3, 0.4) is 0 Å². The van der Waals surface area contributed by atoms with Crippen LogP contribution in [0.25, 0.3) is 0 Å². The van der Waals surface area contributed by atoms with E-state index in [0.717, 1.165) is 19.3 Å². The fraction of sp³-hybridized carbons (Fsp3) is 0.923. The minimum Gasteiger partial charge on any atom is -0.353 e. The molecule has 0 bridgehead atoms. The normalized spacial score (nSPS) is 24.1. The van der Waals surface area contributed by atoms with E-state index in [4.69, 9.17) is 0 Å². The Bertz CT molecular complexity index is 243. The first-order valence-corrected chi connectivity index (χ1v) is 6.40. The lowest BCUT2D eigenvalue weighted by Gasteiger charge is -2.43. The molecule has 1 amide bonds. The van der Waals surface area contributed by atoms with Crippen molar-refractivity contribution in [2.75, 3.05) is 0 Å². The topological polar surface area (TPSA) is 45.7 Å². The summed E-state index contributed by atoms with van der Waals surface area (Å²) in [6, 6.07) is 0.342. The van der Waals surface area contributed by atoms with E-state index in [2.05, 4.69) is 38.3 Å². The maximum Gasteiger partial charge on any atom is 0.220 e. The van der Waals surface area contributed by atoms with Gasteiger partial charge in [0.05, 0.1) is 11.1 Å². The van der Waals surface area contributed by atoms with Gasteiger partial charge in [-0.3, -0.25) is 4.79 Å². The van der Waals surface area contributed by atoms with Gasteiger partial charge in [0.15, 0.2) is 0 Å².